The normalized spacial score (nSPS) is 20.2. The fraction of sp³-hybridized carbons (Fsp3) is 0.789. The van der Waals surface area contributed by atoms with Gasteiger partial charge in [-0.25, -0.2) is 0 Å². The Labute approximate surface area is 176 Å². The highest BCUT2D eigenvalue weighted by Gasteiger charge is 2.37. The molecule has 0 aromatic carbocycles. The van der Waals surface area contributed by atoms with Gasteiger partial charge >= 0.3 is 0 Å². The van der Waals surface area contributed by atoms with Gasteiger partial charge in [-0.1, -0.05) is 13.3 Å². The second kappa shape index (κ2) is 11.8. The maximum Gasteiger partial charge on any atom is 0.243 e. The first-order valence-corrected chi connectivity index (χ1v) is 10.3. The van der Waals surface area contributed by atoms with Crippen LogP contribution in [-0.4, -0.2) is 93.6 Å². The molecule has 30 heavy (non-hydrogen) atoms. The Morgan fingerprint density at radius 2 is 1.83 bits per heavy atom. The van der Waals surface area contributed by atoms with Gasteiger partial charge in [0, 0.05) is 13.1 Å². The van der Waals surface area contributed by atoms with Crippen LogP contribution < -0.4 is 16.8 Å². The number of aliphatic hydroxyl groups is 2. The third-order valence-corrected chi connectivity index (χ3v) is 5.19. The molecule has 1 aliphatic rings. The Kier molecular flexibility index (Phi) is 10.2. The Morgan fingerprint density at radius 3 is 2.33 bits per heavy atom. The molecule has 0 saturated carbocycles. The van der Waals surface area contributed by atoms with E-state index in [1.165, 1.54) is 23.6 Å². The minimum absolute atomic E-state index is 0.265. The predicted molar refractivity (Wildman–Crippen MR) is 109 cm³/mol. The van der Waals surface area contributed by atoms with Crippen molar-refractivity contribution < 1.29 is 29.4 Å². The molecule has 0 bridgehead atoms. The van der Waals surface area contributed by atoms with E-state index in [2.05, 4.69) is 5.32 Å². The Hall–Kier alpha value is -2.24. The smallest absolute Gasteiger partial charge is 0.243 e. The van der Waals surface area contributed by atoms with Gasteiger partial charge in [0.2, 0.25) is 23.6 Å². The van der Waals surface area contributed by atoms with Gasteiger partial charge in [-0.05, 0) is 33.1 Å². The van der Waals surface area contributed by atoms with E-state index in [0.717, 1.165) is 6.42 Å². The van der Waals surface area contributed by atoms with Crippen LogP contribution in [0.25, 0.3) is 0 Å². The summed E-state index contributed by atoms with van der Waals surface area (Å²) in [4.78, 5) is 52.2. The SMILES string of the molecule is CCCCN(CC(=O)N1CCC[C@H]1C(=O)N[C@H](C(N)=O)[C@@H](C)O)C(=O)[C@@H](N)[C@@H](C)O. The number of carbonyl (C=O) groups excluding carboxylic acids is 4. The highest BCUT2D eigenvalue weighted by molar-refractivity contribution is 5.93. The van der Waals surface area contributed by atoms with E-state index in [0.29, 0.717) is 32.4 Å². The molecule has 0 radical (unpaired) electrons. The summed E-state index contributed by atoms with van der Waals surface area (Å²) in [5, 5.41) is 21.7. The van der Waals surface area contributed by atoms with Crippen LogP contribution in [0.15, 0.2) is 0 Å². The molecular formula is C19H35N5O6. The molecule has 1 saturated heterocycles. The molecule has 1 aliphatic heterocycles. The molecule has 0 spiro atoms. The second-order valence-corrected chi connectivity index (χ2v) is 7.75. The first-order valence-electron chi connectivity index (χ1n) is 10.3. The third-order valence-electron chi connectivity index (χ3n) is 5.19. The summed E-state index contributed by atoms with van der Waals surface area (Å²) >= 11 is 0. The van der Waals surface area contributed by atoms with Crippen LogP contribution in [0.5, 0.6) is 0 Å². The number of hydrogen-bond acceptors (Lipinski definition) is 7. The van der Waals surface area contributed by atoms with Crippen molar-refractivity contribution in [3.8, 4) is 0 Å². The molecule has 11 heteroatoms. The molecule has 0 aliphatic carbocycles. The van der Waals surface area contributed by atoms with Crippen LogP contribution in [0, 0.1) is 0 Å². The first kappa shape index (κ1) is 25.8. The zero-order chi connectivity index (χ0) is 23.0. The summed E-state index contributed by atoms with van der Waals surface area (Å²) in [5.41, 5.74) is 11.0. The van der Waals surface area contributed by atoms with Crippen molar-refractivity contribution in [3.05, 3.63) is 0 Å². The molecular weight excluding hydrogens is 394 g/mol. The molecule has 0 aromatic rings. The quantitative estimate of drug-likeness (QED) is 0.244. The van der Waals surface area contributed by atoms with Crippen molar-refractivity contribution in [2.75, 3.05) is 19.6 Å². The van der Waals surface area contributed by atoms with Gasteiger partial charge in [0.05, 0.1) is 18.8 Å². The highest BCUT2D eigenvalue weighted by Crippen LogP contribution is 2.18. The van der Waals surface area contributed by atoms with Gasteiger partial charge in [-0.15, -0.1) is 0 Å². The maximum absolute atomic E-state index is 12.9. The lowest BCUT2D eigenvalue weighted by molar-refractivity contribution is -0.145. The number of hydrogen-bond donors (Lipinski definition) is 5. The zero-order valence-electron chi connectivity index (χ0n) is 17.9. The van der Waals surface area contributed by atoms with Crippen molar-refractivity contribution in [1.82, 2.24) is 15.1 Å². The van der Waals surface area contributed by atoms with Gasteiger partial charge in [0.25, 0.3) is 0 Å². The van der Waals surface area contributed by atoms with Crippen molar-refractivity contribution in [2.45, 2.75) is 76.8 Å². The Bertz CT molecular complexity index is 627. The van der Waals surface area contributed by atoms with E-state index in [-0.39, 0.29) is 6.54 Å². The van der Waals surface area contributed by atoms with Crippen LogP contribution >= 0.6 is 0 Å². The fourth-order valence-electron chi connectivity index (χ4n) is 3.30. The Balaban J connectivity index is 2.88. The van der Waals surface area contributed by atoms with E-state index in [1.807, 2.05) is 6.92 Å². The predicted octanol–water partition coefficient (Wildman–Crippen LogP) is -2.33. The van der Waals surface area contributed by atoms with E-state index in [4.69, 9.17) is 11.5 Å². The third kappa shape index (κ3) is 6.92. The van der Waals surface area contributed by atoms with Gasteiger partial charge in [-0.3, -0.25) is 19.2 Å². The van der Waals surface area contributed by atoms with E-state index >= 15 is 0 Å². The summed E-state index contributed by atoms with van der Waals surface area (Å²) < 4.78 is 0. The van der Waals surface area contributed by atoms with Crippen molar-refractivity contribution in [1.29, 1.82) is 0 Å². The number of carbonyl (C=O) groups is 4. The van der Waals surface area contributed by atoms with Gasteiger partial charge in [-0.2, -0.15) is 0 Å². The molecule has 1 fully saturated rings. The largest absolute Gasteiger partial charge is 0.391 e. The van der Waals surface area contributed by atoms with E-state index < -0.39 is 54.0 Å². The summed E-state index contributed by atoms with van der Waals surface area (Å²) in [7, 11) is 0. The number of nitrogens with zero attached hydrogens (tertiary/aromatic N) is 2. The van der Waals surface area contributed by atoms with Crippen LogP contribution in [0.3, 0.4) is 0 Å². The minimum atomic E-state index is -1.26. The lowest BCUT2D eigenvalue weighted by atomic mass is 10.1. The lowest BCUT2D eigenvalue weighted by Gasteiger charge is -2.31. The fourth-order valence-corrected chi connectivity index (χ4v) is 3.30. The molecule has 0 unspecified atom stereocenters. The second-order valence-electron chi connectivity index (χ2n) is 7.75. The van der Waals surface area contributed by atoms with E-state index in [9.17, 15) is 29.4 Å². The monoisotopic (exact) mass is 429 g/mol. The number of amides is 4. The molecule has 5 atom stereocenters. The highest BCUT2D eigenvalue weighted by atomic mass is 16.3. The number of unbranched alkanes of at least 4 members (excludes halogenated alkanes) is 1. The topological polar surface area (TPSA) is 179 Å². The molecule has 0 aromatic heterocycles. The van der Waals surface area contributed by atoms with Crippen LogP contribution in [0.2, 0.25) is 0 Å². The summed E-state index contributed by atoms with van der Waals surface area (Å²) in [6.07, 6.45) is 0.179. The standard InChI is InChI=1S/C19H35N5O6/c1-4-5-8-23(19(30)15(20)11(2)25)10-14(27)24-9-6-7-13(24)18(29)22-16(12(3)26)17(21)28/h11-13,15-16,25-26H,4-10,20H2,1-3H3,(H2,21,28)(H,22,29)/t11-,12-,13+,15+,16+/m1/s1. The lowest BCUT2D eigenvalue weighted by Crippen LogP contribution is -2.57. The molecule has 7 N–H and O–H groups in total. The van der Waals surface area contributed by atoms with Crippen molar-refractivity contribution in [2.24, 2.45) is 11.5 Å². The first-order chi connectivity index (χ1) is 14.0. The van der Waals surface area contributed by atoms with Crippen molar-refractivity contribution in [3.63, 3.8) is 0 Å². The summed E-state index contributed by atoms with van der Waals surface area (Å²) in [6.45, 7) is 5.04. The van der Waals surface area contributed by atoms with Gasteiger partial charge in [0.15, 0.2) is 0 Å². The van der Waals surface area contributed by atoms with E-state index in [1.54, 1.807) is 0 Å². The van der Waals surface area contributed by atoms with Crippen LogP contribution in [0.1, 0.15) is 46.5 Å². The van der Waals surface area contributed by atoms with Gasteiger partial charge in [0.1, 0.15) is 18.1 Å². The molecule has 1 rings (SSSR count). The number of likely N-dealkylation sites (tertiary alicyclic amines) is 1. The number of nitrogens with two attached hydrogens (primary N) is 2. The summed E-state index contributed by atoms with van der Waals surface area (Å²) in [5.74, 6) is -2.42. The number of nitrogens with one attached hydrogen (secondary N) is 1. The number of primary amides is 1. The summed E-state index contributed by atoms with van der Waals surface area (Å²) in [6, 6.07) is -3.23. The molecule has 4 amide bonds. The molecule has 11 nitrogen and oxygen atoms in total. The average Bonchev–Trinajstić information content (AvgIpc) is 3.17. The maximum atomic E-state index is 12.9. The zero-order valence-corrected chi connectivity index (χ0v) is 17.9. The van der Waals surface area contributed by atoms with Crippen molar-refractivity contribution >= 4 is 23.6 Å². The Morgan fingerprint density at radius 1 is 1.20 bits per heavy atom. The van der Waals surface area contributed by atoms with Gasteiger partial charge < -0.3 is 36.8 Å². The molecule has 172 valence electrons. The number of rotatable bonds is 11. The van der Waals surface area contributed by atoms with Crippen LogP contribution in [0.4, 0.5) is 0 Å². The molecule has 1 heterocycles. The minimum Gasteiger partial charge on any atom is -0.391 e. The average molecular weight is 430 g/mol. The van der Waals surface area contributed by atoms with Crippen LogP contribution in [-0.2, 0) is 19.2 Å². The number of aliphatic hydroxyl groups excluding tert-OH is 2.